The molecule has 6 heteroatoms. The van der Waals surface area contributed by atoms with Gasteiger partial charge in [0, 0.05) is 44.5 Å². The first kappa shape index (κ1) is 19.5. The van der Waals surface area contributed by atoms with Crippen molar-refractivity contribution in [2.24, 2.45) is 5.41 Å². The van der Waals surface area contributed by atoms with Gasteiger partial charge in [-0.25, -0.2) is 9.78 Å². The van der Waals surface area contributed by atoms with Gasteiger partial charge in [-0.1, -0.05) is 26.8 Å². The molecule has 0 unspecified atom stereocenters. The zero-order valence-corrected chi connectivity index (χ0v) is 15.8. The zero-order chi connectivity index (χ0) is 18.3. The van der Waals surface area contributed by atoms with E-state index < -0.39 is 0 Å². The molecule has 2 rings (SSSR count). The van der Waals surface area contributed by atoms with Gasteiger partial charge >= 0.3 is 6.03 Å². The topological polar surface area (TPSA) is 68.7 Å². The van der Waals surface area contributed by atoms with E-state index >= 15 is 0 Å². The van der Waals surface area contributed by atoms with Gasteiger partial charge in [-0.15, -0.1) is 0 Å². The Kier molecular flexibility index (Phi) is 7.05. The van der Waals surface area contributed by atoms with Crippen molar-refractivity contribution in [3.8, 4) is 0 Å². The van der Waals surface area contributed by atoms with Gasteiger partial charge in [-0.2, -0.15) is 0 Å². The average molecular weight is 348 g/mol. The minimum Gasteiger partial charge on any atom is -0.395 e. The molecule has 0 bridgehead atoms. The second kappa shape index (κ2) is 9.04. The maximum Gasteiger partial charge on any atom is 0.317 e. The molecular formula is C19H32N4O2. The number of pyridine rings is 1. The number of carbonyl (C=O) groups excluding carboxylic acids is 1. The number of rotatable bonds is 6. The van der Waals surface area contributed by atoms with Gasteiger partial charge in [-0.05, 0) is 30.7 Å². The lowest BCUT2D eigenvalue weighted by Crippen LogP contribution is -2.45. The third kappa shape index (κ3) is 6.20. The van der Waals surface area contributed by atoms with Crippen LogP contribution in [0, 0.1) is 5.41 Å². The minimum atomic E-state index is -0.141. The van der Waals surface area contributed by atoms with E-state index in [2.05, 4.69) is 36.0 Å². The molecule has 1 aliphatic heterocycles. The average Bonchev–Trinajstić information content (AvgIpc) is 2.59. The Labute approximate surface area is 151 Å². The Morgan fingerprint density at radius 2 is 2.04 bits per heavy atom. The van der Waals surface area contributed by atoms with Crippen molar-refractivity contribution in [1.82, 2.24) is 15.2 Å². The lowest BCUT2D eigenvalue weighted by molar-refractivity contribution is 0.152. The van der Waals surface area contributed by atoms with Crippen LogP contribution in [0.1, 0.15) is 45.6 Å². The summed E-state index contributed by atoms with van der Waals surface area (Å²) in [5.41, 5.74) is 1.03. The van der Waals surface area contributed by atoms with Crippen LogP contribution in [0.3, 0.4) is 0 Å². The maximum atomic E-state index is 12.5. The third-order valence-electron chi connectivity index (χ3n) is 4.28. The Morgan fingerprint density at radius 3 is 2.68 bits per heavy atom. The fourth-order valence-electron chi connectivity index (χ4n) is 3.19. The predicted octanol–water partition coefficient (Wildman–Crippen LogP) is 2.62. The highest BCUT2D eigenvalue weighted by Gasteiger charge is 2.21. The van der Waals surface area contributed by atoms with E-state index in [9.17, 15) is 9.90 Å². The van der Waals surface area contributed by atoms with Crippen molar-refractivity contribution in [1.29, 1.82) is 0 Å². The molecule has 25 heavy (non-hydrogen) atoms. The van der Waals surface area contributed by atoms with Crippen LogP contribution in [0.15, 0.2) is 18.3 Å². The summed E-state index contributed by atoms with van der Waals surface area (Å²) in [5, 5.41) is 12.2. The molecule has 2 heterocycles. The molecule has 0 aromatic carbocycles. The molecule has 140 valence electrons. The van der Waals surface area contributed by atoms with Gasteiger partial charge in [0.25, 0.3) is 0 Å². The van der Waals surface area contributed by atoms with Gasteiger partial charge in [0.05, 0.1) is 6.61 Å². The summed E-state index contributed by atoms with van der Waals surface area (Å²) >= 11 is 0. The number of carbonyl (C=O) groups is 1. The molecule has 1 saturated heterocycles. The largest absolute Gasteiger partial charge is 0.395 e. The molecule has 0 saturated carbocycles. The molecule has 0 atom stereocenters. The van der Waals surface area contributed by atoms with E-state index in [1.165, 1.54) is 19.3 Å². The number of aromatic nitrogens is 1. The summed E-state index contributed by atoms with van der Waals surface area (Å²) in [6.45, 7) is 9.67. The molecule has 1 aliphatic rings. The Morgan fingerprint density at radius 1 is 1.32 bits per heavy atom. The predicted molar refractivity (Wildman–Crippen MR) is 101 cm³/mol. The minimum absolute atomic E-state index is 0.0141. The number of nitrogens with zero attached hydrogens (tertiary/aromatic N) is 3. The molecule has 0 radical (unpaired) electrons. The lowest BCUT2D eigenvalue weighted by atomic mass is 9.96. The Balaban J connectivity index is 2.00. The number of anilines is 1. The summed E-state index contributed by atoms with van der Waals surface area (Å²) in [5.74, 6) is 0.979. The highest BCUT2D eigenvalue weighted by atomic mass is 16.3. The first-order chi connectivity index (χ1) is 11.9. The summed E-state index contributed by atoms with van der Waals surface area (Å²) in [6.07, 6.45) is 5.47. The second-order valence-electron chi connectivity index (χ2n) is 7.90. The normalized spacial score (nSPS) is 15.1. The highest BCUT2D eigenvalue weighted by Crippen LogP contribution is 2.21. The van der Waals surface area contributed by atoms with E-state index in [0.29, 0.717) is 19.6 Å². The van der Waals surface area contributed by atoms with E-state index in [4.69, 9.17) is 0 Å². The SMILES string of the molecule is CC(C)(C)CN(CCO)C(=O)NCc1cccnc1N1CCCCC1. The van der Waals surface area contributed by atoms with Crippen LogP contribution in [0.25, 0.3) is 0 Å². The first-order valence-corrected chi connectivity index (χ1v) is 9.23. The first-order valence-electron chi connectivity index (χ1n) is 9.23. The number of amides is 2. The fourth-order valence-corrected chi connectivity index (χ4v) is 3.19. The quantitative estimate of drug-likeness (QED) is 0.829. The van der Waals surface area contributed by atoms with Crippen molar-refractivity contribution in [3.63, 3.8) is 0 Å². The Bertz CT molecular complexity index is 551. The third-order valence-corrected chi connectivity index (χ3v) is 4.28. The number of urea groups is 1. The van der Waals surface area contributed by atoms with Crippen LogP contribution in [-0.2, 0) is 6.54 Å². The van der Waals surface area contributed by atoms with E-state index in [0.717, 1.165) is 24.5 Å². The second-order valence-corrected chi connectivity index (χ2v) is 7.90. The van der Waals surface area contributed by atoms with Crippen LogP contribution in [0.4, 0.5) is 10.6 Å². The smallest absolute Gasteiger partial charge is 0.317 e. The standard InChI is InChI=1S/C19H32N4O2/c1-19(2,3)15-23(12-13-24)18(25)21-14-16-8-7-9-20-17(16)22-10-5-4-6-11-22/h7-9,24H,4-6,10-15H2,1-3H3,(H,21,25). The van der Waals surface area contributed by atoms with Crippen LogP contribution in [0.5, 0.6) is 0 Å². The number of hydrogen-bond donors (Lipinski definition) is 2. The number of hydrogen-bond acceptors (Lipinski definition) is 4. The molecule has 0 aliphatic carbocycles. The van der Waals surface area contributed by atoms with Crippen molar-refractivity contribution in [2.75, 3.05) is 37.7 Å². The summed E-state index contributed by atoms with van der Waals surface area (Å²) in [6, 6.07) is 3.80. The van der Waals surface area contributed by atoms with Gasteiger partial charge in [-0.3, -0.25) is 0 Å². The van der Waals surface area contributed by atoms with Gasteiger partial charge < -0.3 is 20.2 Å². The maximum absolute atomic E-state index is 12.5. The monoisotopic (exact) mass is 348 g/mol. The van der Waals surface area contributed by atoms with Crippen molar-refractivity contribution in [2.45, 2.75) is 46.6 Å². The van der Waals surface area contributed by atoms with Crippen LogP contribution in [0.2, 0.25) is 0 Å². The molecular weight excluding hydrogens is 316 g/mol. The van der Waals surface area contributed by atoms with Crippen molar-refractivity contribution in [3.05, 3.63) is 23.9 Å². The molecule has 2 amide bonds. The van der Waals surface area contributed by atoms with Gasteiger partial charge in [0.1, 0.15) is 5.82 Å². The highest BCUT2D eigenvalue weighted by molar-refractivity contribution is 5.74. The molecule has 0 spiro atoms. The Hall–Kier alpha value is -1.82. The van der Waals surface area contributed by atoms with Crippen molar-refractivity contribution < 1.29 is 9.90 Å². The molecule has 6 nitrogen and oxygen atoms in total. The van der Waals surface area contributed by atoms with Crippen LogP contribution >= 0.6 is 0 Å². The zero-order valence-electron chi connectivity index (χ0n) is 15.8. The number of nitrogens with one attached hydrogen (secondary N) is 1. The van der Waals surface area contributed by atoms with Crippen LogP contribution in [-0.4, -0.2) is 53.8 Å². The fraction of sp³-hybridized carbons (Fsp3) is 0.684. The number of aliphatic hydroxyl groups is 1. The van der Waals surface area contributed by atoms with Crippen LogP contribution < -0.4 is 10.2 Å². The van der Waals surface area contributed by atoms with Crippen molar-refractivity contribution >= 4 is 11.8 Å². The van der Waals surface area contributed by atoms with Gasteiger partial charge in [0.15, 0.2) is 0 Å². The summed E-state index contributed by atoms with van der Waals surface area (Å²) in [4.78, 5) is 21.1. The van der Waals surface area contributed by atoms with E-state index in [1.807, 2.05) is 18.3 Å². The number of aliphatic hydroxyl groups excluding tert-OH is 1. The van der Waals surface area contributed by atoms with E-state index in [1.54, 1.807) is 4.90 Å². The van der Waals surface area contributed by atoms with E-state index in [-0.39, 0.29) is 18.1 Å². The summed E-state index contributed by atoms with van der Waals surface area (Å²) < 4.78 is 0. The molecule has 2 N–H and O–H groups in total. The molecule has 1 fully saturated rings. The molecule has 1 aromatic heterocycles. The molecule has 1 aromatic rings. The lowest BCUT2D eigenvalue weighted by Gasteiger charge is -2.31. The number of piperidine rings is 1. The summed E-state index contributed by atoms with van der Waals surface area (Å²) in [7, 11) is 0. The van der Waals surface area contributed by atoms with Gasteiger partial charge in [0.2, 0.25) is 0 Å².